The van der Waals surface area contributed by atoms with Crippen molar-refractivity contribution >= 4 is 31.3 Å². The molecule has 14 nitrogen and oxygen atoms in total. The van der Waals surface area contributed by atoms with Crippen molar-refractivity contribution in [2.24, 2.45) is 0 Å². The Morgan fingerprint density at radius 1 is 0.812 bits per heavy atom. The van der Waals surface area contributed by atoms with E-state index in [4.69, 9.17) is 26.7 Å². The second kappa shape index (κ2) is 14.7. The average Bonchev–Trinajstić information content (AvgIpc) is 2.97. The zero-order valence-electron chi connectivity index (χ0n) is 17.6. The molecular formula is C14H30BO14P3. The number of rotatable bonds is 18. The van der Waals surface area contributed by atoms with Gasteiger partial charge in [-0.1, -0.05) is 0 Å². The molecule has 0 aromatic heterocycles. The van der Waals surface area contributed by atoms with Crippen LogP contribution in [0.2, 0.25) is 0 Å². The van der Waals surface area contributed by atoms with Crippen LogP contribution in [-0.2, 0) is 45.6 Å². The van der Waals surface area contributed by atoms with Crippen molar-refractivity contribution in [2.75, 3.05) is 39.6 Å². The van der Waals surface area contributed by atoms with Gasteiger partial charge >= 0.3 is 23.5 Å². The fourth-order valence-electron chi connectivity index (χ4n) is 2.33. The third kappa shape index (κ3) is 13.9. The first-order chi connectivity index (χ1) is 14.9. The summed E-state index contributed by atoms with van der Waals surface area (Å²) in [5.74, 6) is 0. The molecule has 0 bridgehead atoms. The topological polar surface area (TPSA) is 197 Å². The van der Waals surface area contributed by atoms with E-state index in [1.54, 1.807) is 6.92 Å². The summed E-state index contributed by atoms with van der Waals surface area (Å²) in [4.78, 5) is 28.6. The van der Waals surface area contributed by atoms with Crippen LogP contribution in [0.3, 0.4) is 0 Å². The van der Waals surface area contributed by atoms with Gasteiger partial charge in [0.1, 0.15) is 7.85 Å². The maximum atomic E-state index is 11.9. The Balaban J connectivity index is 2.13. The first-order valence-corrected chi connectivity index (χ1v) is 14.3. The predicted octanol–water partition coefficient (Wildman–Crippen LogP) is 1.22. The van der Waals surface area contributed by atoms with Crippen molar-refractivity contribution in [3.63, 3.8) is 0 Å². The number of aliphatic hydroxyl groups is 1. The average molecular weight is 526 g/mol. The van der Waals surface area contributed by atoms with Gasteiger partial charge in [0.2, 0.25) is 0 Å². The van der Waals surface area contributed by atoms with Crippen LogP contribution in [0, 0.1) is 0 Å². The molecule has 6 unspecified atom stereocenters. The third-order valence-electron chi connectivity index (χ3n) is 3.80. The quantitative estimate of drug-likeness (QED) is 0.113. The number of hydrogen-bond acceptors (Lipinski definition) is 11. The number of phosphoric acid groups is 3. The zero-order valence-corrected chi connectivity index (χ0v) is 20.3. The minimum Gasteiger partial charge on any atom is -0.396 e. The summed E-state index contributed by atoms with van der Waals surface area (Å²) < 4.78 is 68.6. The summed E-state index contributed by atoms with van der Waals surface area (Å²) in [5, 5.41) is 8.57. The summed E-state index contributed by atoms with van der Waals surface area (Å²) in [5.41, 5.74) is 0. The molecule has 1 aliphatic heterocycles. The van der Waals surface area contributed by atoms with Gasteiger partial charge in [-0.25, -0.2) is 13.7 Å². The normalized spacial score (nSPS) is 27.0. The Morgan fingerprint density at radius 3 is 1.59 bits per heavy atom. The predicted molar refractivity (Wildman–Crippen MR) is 110 cm³/mol. The minimum absolute atomic E-state index is 0.0110. The highest BCUT2D eigenvalue weighted by atomic mass is 31.2. The van der Waals surface area contributed by atoms with Crippen LogP contribution >= 0.6 is 23.5 Å². The molecule has 188 valence electrons. The summed E-state index contributed by atoms with van der Waals surface area (Å²) in [6.45, 7) is 0.0616. The highest BCUT2D eigenvalue weighted by Gasteiger charge is 2.36. The van der Waals surface area contributed by atoms with Crippen LogP contribution in [0.15, 0.2) is 0 Å². The molecule has 0 aromatic carbocycles. The Labute approximate surface area is 187 Å². The molecule has 1 heterocycles. The van der Waals surface area contributed by atoms with E-state index < -0.39 is 41.7 Å². The van der Waals surface area contributed by atoms with Gasteiger partial charge in [0, 0.05) is 12.6 Å². The summed E-state index contributed by atoms with van der Waals surface area (Å²) >= 11 is 0. The van der Waals surface area contributed by atoms with E-state index in [2.05, 4.69) is 18.1 Å². The summed E-state index contributed by atoms with van der Waals surface area (Å²) in [6.07, 6.45) is -0.786. The van der Waals surface area contributed by atoms with Gasteiger partial charge in [-0.3, -0.25) is 27.1 Å². The Bertz CT molecular complexity index is 681. The van der Waals surface area contributed by atoms with Crippen molar-refractivity contribution in [1.82, 2.24) is 0 Å². The third-order valence-corrected chi connectivity index (χ3v) is 6.88. The van der Waals surface area contributed by atoms with E-state index in [1.807, 2.05) is 0 Å². The number of aliphatic hydroxyl groups excluding tert-OH is 1. The van der Waals surface area contributed by atoms with Crippen LogP contribution in [0.1, 0.15) is 32.6 Å². The van der Waals surface area contributed by atoms with Crippen LogP contribution in [0.4, 0.5) is 0 Å². The van der Waals surface area contributed by atoms with Gasteiger partial charge in [-0.2, -0.15) is 0 Å². The van der Waals surface area contributed by atoms with Crippen LogP contribution in [0.5, 0.6) is 0 Å². The van der Waals surface area contributed by atoms with Crippen molar-refractivity contribution < 1.29 is 65.4 Å². The molecular weight excluding hydrogens is 496 g/mol. The lowest BCUT2D eigenvalue weighted by molar-refractivity contribution is 0.0341. The minimum atomic E-state index is -4.41. The maximum absolute atomic E-state index is 11.9. The monoisotopic (exact) mass is 526 g/mol. The lowest BCUT2D eigenvalue weighted by Crippen LogP contribution is -2.20. The first-order valence-electron chi connectivity index (χ1n) is 9.77. The van der Waals surface area contributed by atoms with E-state index in [1.165, 1.54) is 0 Å². The van der Waals surface area contributed by atoms with E-state index in [9.17, 15) is 28.4 Å². The molecule has 1 saturated heterocycles. The van der Waals surface area contributed by atoms with E-state index >= 15 is 0 Å². The van der Waals surface area contributed by atoms with Gasteiger partial charge in [0.25, 0.3) is 0 Å². The molecule has 32 heavy (non-hydrogen) atoms. The van der Waals surface area contributed by atoms with Crippen molar-refractivity contribution in [1.29, 1.82) is 0 Å². The molecule has 0 aliphatic carbocycles. The Morgan fingerprint density at radius 2 is 1.22 bits per heavy atom. The van der Waals surface area contributed by atoms with Crippen molar-refractivity contribution in [3.05, 3.63) is 0 Å². The SMILES string of the molecule is [B]C1CC(OP(=O)(O)OCCCOP(=O)(O)OCCCOP(=O)(O)OCCCO)C(C)O1. The number of hydrogen-bond donors (Lipinski definition) is 4. The molecule has 0 spiro atoms. The molecule has 4 N–H and O–H groups in total. The lowest BCUT2D eigenvalue weighted by Gasteiger charge is -2.19. The van der Waals surface area contributed by atoms with Crippen LogP contribution < -0.4 is 0 Å². The standard InChI is InChI=1S/C14H30BO14P3/c1-12-13(11-14(15)28-12)29-32(21,22)27-10-4-9-26-31(19,20)25-8-3-7-24-30(17,18)23-6-2-5-16/h12-14,16H,2-11H2,1H3,(H,17,18)(H,19,20)(H,21,22). The number of phosphoric ester groups is 3. The fraction of sp³-hybridized carbons (Fsp3) is 1.00. The fourth-order valence-corrected chi connectivity index (χ4v) is 4.93. The molecule has 0 aromatic rings. The highest BCUT2D eigenvalue weighted by molar-refractivity contribution is 7.47. The van der Waals surface area contributed by atoms with Crippen molar-refractivity contribution in [2.45, 2.75) is 50.8 Å². The highest BCUT2D eigenvalue weighted by Crippen LogP contribution is 2.48. The molecule has 1 rings (SSSR count). The summed E-state index contributed by atoms with van der Waals surface area (Å²) in [6, 6.07) is -0.591. The summed E-state index contributed by atoms with van der Waals surface area (Å²) in [7, 11) is -7.48. The van der Waals surface area contributed by atoms with Gasteiger partial charge in [-0.05, 0) is 32.6 Å². The van der Waals surface area contributed by atoms with Crippen LogP contribution in [0.25, 0.3) is 0 Å². The molecule has 6 atom stereocenters. The second-order valence-corrected chi connectivity index (χ2v) is 10.9. The van der Waals surface area contributed by atoms with Crippen molar-refractivity contribution in [3.8, 4) is 0 Å². The van der Waals surface area contributed by atoms with Crippen LogP contribution in [-0.4, -0.2) is 85.5 Å². The molecule has 18 heteroatoms. The zero-order chi connectivity index (χ0) is 24.3. The first kappa shape index (κ1) is 30.3. The Kier molecular flexibility index (Phi) is 13.9. The maximum Gasteiger partial charge on any atom is 0.472 e. The van der Waals surface area contributed by atoms with Gasteiger partial charge in [-0.15, -0.1) is 0 Å². The largest absolute Gasteiger partial charge is 0.472 e. The number of ether oxygens (including phenoxy) is 1. The lowest BCUT2D eigenvalue weighted by atomic mass is 9.96. The van der Waals surface area contributed by atoms with E-state index in [0.29, 0.717) is 0 Å². The molecule has 0 saturated carbocycles. The Hall–Kier alpha value is 0.315. The second-order valence-electron chi connectivity index (χ2n) is 6.62. The molecule has 0 amide bonds. The van der Waals surface area contributed by atoms with Gasteiger partial charge < -0.3 is 24.5 Å². The molecule has 1 fully saturated rings. The smallest absolute Gasteiger partial charge is 0.396 e. The van der Waals surface area contributed by atoms with Gasteiger partial charge in [0.15, 0.2) is 0 Å². The van der Waals surface area contributed by atoms with E-state index in [0.717, 1.165) is 0 Å². The molecule has 1 aliphatic rings. The molecule has 2 radical (unpaired) electrons. The van der Waals surface area contributed by atoms with Gasteiger partial charge in [0.05, 0.1) is 45.2 Å². The van der Waals surface area contributed by atoms with E-state index in [-0.39, 0.29) is 65.3 Å².